The Morgan fingerprint density at radius 3 is 2.74 bits per heavy atom. The van der Waals surface area contributed by atoms with Crippen LogP contribution in [0.2, 0.25) is 0 Å². The van der Waals surface area contributed by atoms with Gasteiger partial charge in [-0.1, -0.05) is 13.8 Å². The van der Waals surface area contributed by atoms with Crippen LogP contribution < -0.4 is 5.32 Å². The smallest absolute Gasteiger partial charge is 0.322 e. The van der Waals surface area contributed by atoms with Crippen LogP contribution in [0.5, 0.6) is 0 Å². The zero-order chi connectivity index (χ0) is 19.8. The second-order valence-electron chi connectivity index (χ2n) is 7.22. The number of nitrogens with zero attached hydrogens (tertiary/aromatic N) is 2. The summed E-state index contributed by atoms with van der Waals surface area (Å²) in [6.07, 6.45) is -0.440. The number of fused-ring (bicyclic) bond motifs is 1. The van der Waals surface area contributed by atoms with Crippen LogP contribution in [0.15, 0.2) is 18.2 Å². The van der Waals surface area contributed by atoms with E-state index in [1.807, 2.05) is 13.8 Å². The van der Waals surface area contributed by atoms with E-state index in [0.29, 0.717) is 12.6 Å². The van der Waals surface area contributed by atoms with E-state index in [1.165, 1.54) is 9.21 Å². The van der Waals surface area contributed by atoms with Gasteiger partial charge in [-0.3, -0.25) is 0 Å². The molecule has 7 nitrogen and oxygen atoms in total. The molecule has 27 heavy (non-hydrogen) atoms. The number of hydrogen-bond acceptors (Lipinski definition) is 4. The number of likely N-dealkylation sites (tertiary alicyclic amines) is 1. The molecule has 0 spiro atoms. The molecule has 0 radical (unpaired) electrons. The molecule has 0 saturated carbocycles. The van der Waals surface area contributed by atoms with Crippen LogP contribution in [0.25, 0.3) is 0 Å². The summed E-state index contributed by atoms with van der Waals surface area (Å²) in [6.45, 7) is 4.60. The third-order valence-electron chi connectivity index (χ3n) is 4.64. The van der Waals surface area contributed by atoms with Crippen LogP contribution in [0.4, 0.5) is 19.3 Å². The number of halogens is 2. The van der Waals surface area contributed by atoms with Crippen molar-refractivity contribution in [1.29, 1.82) is 0 Å². The van der Waals surface area contributed by atoms with Crippen molar-refractivity contribution in [3.8, 4) is 0 Å². The van der Waals surface area contributed by atoms with Crippen LogP contribution in [-0.4, -0.2) is 67.8 Å². The molecule has 1 aromatic rings. The molecule has 2 saturated heterocycles. The predicted molar refractivity (Wildman–Crippen MR) is 95.8 cm³/mol. The number of amides is 2. The summed E-state index contributed by atoms with van der Waals surface area (Å²) in [5, 5.41) is 2.40. The summed E-state index contributed by atoms with van der Waals surface area (Å²) in [6, 6.07) is 1.81. The fourth-order valence-electron chi connectivity index (χ4n) is 3.39. The number of nitrogens with one attached hydrogen (secondary N) is 1. The first-order valence-corrected chi connectivity index (χ1v) is 10.4. The van der Waals surface area contributed by atoms with E-state index in [-0.39, 0.29) is 37.1 Å². The van der Waals surface area contributed by atoms with Crippen molar-refractivity contribution in [3.63, 3.8) is 0 Å². The van der Waals surface area contributed by atoms with Gasteiger partial charge >= 0.3 is 6.03 Å². The Hall–Kier alpha value is -1.78. The van der Waals surface area contributed by atoms with E-state index in [9.17, 15) is 22.0 Å². The van der Waals surface area contributed by atoms with Crippen molar-refractivity contribution >= 4 is 21.7 Å². The predicted octanol–water partition coefficient (Wildman–Crippen LogP) is 1.87. The summed E-state index contributed by atoms with van der Waals surface area (Å²) in [5.41, 5.74) is -0.138. The van der Waals surface area contributed by atoms with E-state index in [4.69, 9.17) is 4.74 Å². The third kappa shape index (κ3) is 4.39. The largest absolute Gasteiger partial charge is 0.374 e. The van der Waals surface area contributed by atoms with Gasteiger partial charge in [0.25, 0.3) is 0 Å². The highest BCUT2D eigenvalue weighted by atomic mass is 32.2. The van der Waals surface area contributed by atoms with Crippen molar-refractivity contribution in [3.05, 3.63) is 29.8 Å². The Morgan fingerprint density at radius 2 is 2.07 bits per heavy atom. The van der Waals surface area contributed by atoms with Gasteiger partial charge in [0.15, 0.2) is 0 Å². The molecule has 1 N–H and O–H groups in total. The van der Waals surface area contributed by atoms with Gasteiger partial charge in [-0.15, -0.1) is 0 Å². The van der Waals surface area contributed by atoms with E-state index in [2.05, 4.69) is 5.32 Å². The standard InChI is InChI=1S/C17H23F2N3O4S/c1-11(2)8-22-15-9-21(10-16(15)26-5-6-27(22,24)25)17(23)20-14-4-3-12(18)7-13(14)19/h3-4,7,11,15-16H,5-6,8-10H2,1-2H3,(H,20,23)/t15-,16+/m1/s1. The molecule has 0 unspecified atom stereocenters. The monoisotopic (exact) mass is 403 g/mol. The molecule has 0 aliphatic carbocycles. The number of ether oxygens (including phenoxy) is 1. The first kappa shape index (κ1) is 20.0. The lowest BCUT2D eigenvalue weighted by molar-refractivity contribution is 0.0468. The number of benzene rings is 1. The number of urea groups is 1. The van der Waals surface area contributed by atoms with Gasteiger partial charge in [0.1, 0.15) is 11.6 Å². The lowest BCUT2D eigenvalue weighted by atomic mass is 10.1. The average Bonchev–Trinajstić information content (AvgIpc) is 2.94. The summed E-state index contributed by atoms with van der Waals surface area (Å²) >= 11 is 0. The number of anilines is 1. The second-order valence-corrected chi connectivity index (χ2v) is 9.26. The SMILES string of the molecule is CC(C)CN1[C@@H]2CN(C(=O)Nc3ccc(F)cc3F)C[C@@H]2OCCS1(=O)=O. The second kappa shape index (κ2) is 7.69. The number of carbonyl (C=O) groups is 1. The lowest BCUT2D eigenvalue weighted by Gasteiger charge is -2.29. The fourth-order valence-corrected chi connectivity index (χ4v) is 5.07. The van der Waals surface area contributed by atoms with Gasteiger partial charge < -0.3 is 15.0 Å². The third-order valence-corrected chi connectivity index (χ3v) is 6.46. The van der Waals surface area contributed by atoms with Crippen LogP contribution in [-0.2, 0) is 14.8 Å². The normalized spacial score (nSPS) is 25.3. The quantitative estimate of drug-likeness (QED) is 0.836. The maximum Gasteiger partial charge on any atom is 0.322 e. The van der Waals surface area contributed by atoms with Crippen LogP contribution in [0.3, 0.4) is 0 Å². The van der Waals surface area contributed by atoms with Gasteiger partial charge in [0, 0.05) is 19.2 Å². The van der Waals surface area contributed by atoms with Crippen LogP contribution in [0.1, 0.15) is 13.8 Å². The molecular formula is C17H23F2N3O4S. The Labute approximate surface area is 157 Å². The Balaban J connectivity index is 1.76. The van der Waals surface area contributed by atoms with E-state index in [1.54, 1.807) is 0 Å². The van der Waals surface area contributed by atoms with Crippen molar-refractivity contribution in [2.45, 2.75) is 26.0 Å². The Kier molecular flexibility index (Phi) is 5.68. The topological polar surface area (TPSA) is 79.0 Å². The van der Waals surface area contributed by atoms with Gasteiger partial charge in [-0.05, 0) is 18.1 Å². The van der Waals surface area contributed by atoms with Gasteiger partial charge in [0.05, 0.1) is 36.7 Å². The molecule has 0 aromatic heterocycles. The molecule has 2 fully saturated rings. The van der Waals surface area contributed by atoms with E-state index < -0.39 is 39.8 Å². The molecule has 150 valence electrons. The molecule has 3 rings (SSSR count). The fraction of sp³-hybridized carbons (Fsp3) is 0.588. The lowest BCUT2D eigenvalue weighted by Crippen LogP contribution is -2.47. The summed E-state index contributed by atoms with van der Waals surface area (Å²) in [5.74, 6) is -1.58. The van der Waals surface area contributed by atoms with Crippen molar-refractivity contribution < 1.29 is 26.7 Å². The zero-order valence-electron chi connectivity index (χ0n) is 15.2. The minimum atomic E-state index is -3.48. The summed E-state index contributed by atoms with van der Waals surface area (Å²) in [7, 11) is -3.48. The average molecular weight is 403 g/mol. The Morgan fingerprint density at radius 1 is 1.33 bits per heavy atom. The number of carbonyl (C=O) groups excluding carboxylic acids is 1. The first-order chi connectivity index (χ1) is 12.7. The van der Waals surface area contributed by atoms with Gasteiger partial charge in [-0.2, -0.15) is 4.31 Å². The van der Waals surface area contributed by atoms with Crippen molar-refractivity contribution in [1.82, 2.24) is 9.21 Å². The van der Waals surface area contributed by atoms with Gasteiger partial charge in [0.2, 0.25) is 10.0 Å². The molecular weight excluding hydrogens is 380 g/mol. The summed E-state index contributed by atoms with van der Waals surface area (Å²) < 4.78 is 59.0. The molecule has 1 aromatic carbocycles. The highest BCUT2D eigenvalue weighted by molar-refractivity contribution is 7.89. The van der Waals surface area contributed by atoms with Crippen molar-refractivity contribution in [2.24, 2.45) is 5.92 Å². The van der Waals surface area contributed by atoms with Crippen LogP contribution >= 0.6 is 0 Å². The highest BCUT2D eigenvalue weighted by Gasteiger charge is 2.45. The molecule has 2 aliphatic heterocycles. The molecule has 2 amide bonds. The molecule has 2 atom stereocenters. The maximum atomic E-state index is 13.8. The maximum absolute atomic E-state index is 13.8. The highest BCUT2D eigenvalue weighted by Crippen LogP contribution is 2.27. The van der Waals surface area contributed by atoms with Crippen molar-refractivity contribution in [2.75, 3.05) is 37.3 Å². The Bertz CT molecular complexity index is 818. The van der Waals surface area contributed by atoms with Gasteiger partial charge in [-0.25, -0.2) is 22.0 Å². The van der Waals surface area contributed by atoms with E-state index >= 15 is 0 Å². The zero-order valence-corrected chi connectivity index (χ0v) is 16.0. The van der Waals surface area contributed by atoms with Crippen LogP contribution in [0, 0.1) is 17.6 Å². The molecule has 2 aliphatic rings. The molecule has 10 heteroatoms. The first-order valence-electron chi connectivity index (χ1n) is 8.79. The van der Waals surface area contributed by atoms with E-state index in [0.717, 1.165) is 12.1 Å². The summed E-state index contributed by atoms with van der Waals surface area (Å²) in [4.78, 5) is 13.9. The minimum absolute atomic E-state index is 0.0696. The number of hydrogen-bond donors (Lipinski definition) is 1. The molecule has 0 bridgehead atoms. The number of rotatable bonds is 3. The number of sulfonamides is 1. The minimum Gasteiger partial charge on any atom is -0.374 e. The molecule has 2 heterocycles.